The predicted octanol–water partition coefficient (Wildman–Crippen LogP) is 5.78. The van der Waals surface area contributed by atoms with Crippen LogP contribution in [0.25, 0.3) is 0 Å². The predicted molar refractivity (Wildman–Crippen MR) is 102 cm³/mol. The Morgan fingerprint density at radius 2 is 1.50 bits per heavy atom. The van der Waals surface area contributed by atoms with Gasteiger partial charge in [0.05, 0.1) is 6.61 Å². The fraction of sp³-hybridized carbons (Fsp3) is 0.500. The van der Waals surface area contributed by atoms with Crippen molar-refractivity contribution in [2.24, 2.45) is 0 Å². The quantitative estimate of drug-likeness (QED) is 0.489. The van der Waals surface area contributed by atoms with Gasteiger partial charge < -0.3 is 4.74 Å². The first-order valence-corrected chi connectivity index (χ1v) is 9.47. The summed E-state index contributed by atoms with van der Waals surface area (Å²) in [5.41, 5.74) is 3.86. The SMILES string of the molecule is CCCCCCOc1ccc(CCc2ccc(CCC)nc2)cc1. The summed E-state index contributed by atoms with van der Waals surface area (Å²) in [4.78, 5) is 4.53. The lowest BCUT2D eigenvalue weighted by Crippen LogP contribution is -1.98. The third kappa shape index (κ3) is 6.74. The minimum Gasteiger partial charge on any atom is -0.494 e. The number of unbranched alkanes of at least 4 members (excludes halogenated alkanes) is 3. The zero-order valence-corrected chi connectivity index (χ0v) is 15.3. The minimum absolute atomic E-state index is 0.828. The molecule has 0 amide bonds. The van der Waals surface area contributed by atoms with Crippen LogP contribution in [0.3, 0.4) is 0 Å². The van der Waals surface area contributed by atoms with Crippen LogP contribution in [0.2, 0.25) is 0 Å². The van der Waals surface area contributed by atoms with Crippen molar-refractivity contribution >= 4 is 0 Å². The number of nitrogens with zero attached hydrogens (tertiary/aromatic N) is 1. The van der Waals surface area contributed by atoms with Gasteiger partial charge in [0, 0.05) is 11.9 Å². The number of ether oxygens (including phenoxy) is 1. The lowest BCUT2D eigenvalue weighted by Gasteiger charge is -2.07. The van der Waals surface area contributed by atoms with Crippen LogP contribution >= 0.6 is 0 Å². The molecule has 0 aliphatic heterocycles. The van der Waals surface area contributed by atoms with E-state index < -0.39 is 0 Å². The van der Waals surface area contributed by atoms with Crippen LogP contribution in [-0.4, -0.2) is 11.6 Å². The Kier molecular flexibility index (Phi) is 8.37. The van der Waals surface area contributed by atoms with Crippen molar-refractivity contribution in [3.8, 4) is 5.75 Å². The van der Waals surface area contributed by atoms with Gasteiger partial charge in [-0.15, -0.1) is 0 Å². The first-order valence-electron chi connectivity index (χ1n) is 9.47. The summed E-state index contributed by atoms with van der Waals surface area (Å²) in [6.45, 7) is 5.25. The van der Waals surface area contributed by atoms with Crippen LogP contribution in [0.4, 0.5) is 0 Å². The molecule has 0 unspecified atom stereocenters. The summed E-state index contributed by atoms with van der Waals surface area (Å²) >= 11 is 0. The Morgan fingerprint density at radius 1 is 0.750 bits per heavy atom. The van der Waals surface area contributed by atoms with Crippen molar-refractivity contribution in [1.82, 2.24) is 4.98 Å². The fourth-order valence-electron chi connectivity index (χ4n) is 2.77. The van der Waals surface area contributed by atoms with Crippen molar-refractivity contribution in [1.29, 1.82) is 0 Å². The Hall–Kier alpha value is -1.83. The van der Waals surface area contributed by atoms with Crippen LogP contribution in [-0.2, 0) is 19.3 Å². The highest BCUT2D eigenvalue weighted by Crippen LogP contribution is 2.15. The van der Waals surface area contributed by atoms with E-state index in [1.165, 1.54) is 36.1 Å². The highest BCUT2D eigenvalue weighted by Gasteiger charge is 1.99. The number of benzene rings is 1. The van der Waals surface area contributed by atoms with Crippen LogP contribution in [0.1, 0.15) is 62.8 Å². The van der Waals surface area contributed by atoms with Gasteiger partial charge in [-0.2, -0.15) is 0 Å². The van der Waals surface area contributed by atoms with E-state index in [4.69, 9.17) is 4.74 Å². The van der Waals surface area contributed by atoms with Crippen LogP contribution in [0, 0.1) is 0 Å². The zero-order chi connectivity index (χ0) is 17.0. The van der Waals surface area contributed by atoms with E-state index >= 15 is 0 Å². The maximum absolute atomic E-state index is 5.80. The molecule has 2 heteroatoms. The molecule has 1 heterocycles. The minimum atomic E-state index is 0.828. The summed E-state index contributed by atoms with van der Waals surface area (Å²) < 4.78 is 5.80. The molecule has 0 N–H and O–H groups in total. The molecule has 2 aromatic rings. The standard InChI is InChI=1S/C22H31NO/c1-3-5-6-7-17-24-22-15-12-19(13-16-22)9-10-20-11-14-21(8-4-2)23-18-20/h11-16,18H,3-10,17H2,1-2H3. The smallest absolute Gasteiger partial charge is 0.119 e. The van der Waals surface area contributed by atoms with Gasteiger partial charge >= 0.3 is 0 Å². The molecule has 0 saturated carbocycles. The Bertz CT molecular complexity index is 560. The largest absolute Gasteiger partial charge is 0.494 e. The van der Waals surface area contributed by atoms with E-state index in [0.29, 0.717) is 0 Å². The zero-order valence-electron chi connectivity index (χ0n) is 15.3. The van der Waals surface area contributed by atoms with Gasteiger partial charge in [0.2, 0.25) is 0 Å². The number of pyridine rings is 1. The van der Waals surface area contributed by atoms with E-state index in [2.05, 4.69) is 55.2 Å². The molecule has 0 spiro atoms. The number of hydrogen-bond acceptors (Lipinski definition) is 2. The van der Waals surface area contributed by atoms with E-state index in [-0.39, 0.29) is 0 Å². The molecule has 1 aromatic heterocycles. The maximum atomic E-state index is 5.80. The number of rotatable bonds is 11. The summed E-state index contributed by atoms with van der Waals surface area (Å²) in [5.74, 6) is 0.987. The molecular formula is C22H31NO. The number of aromatic nitrogens is 1. The van der Waals surface area contributed by atoms with Crippen molar-refractivity contribution in [2.75, 3.05) is 6.61 Å². The molecule has 0 aliphatic rings. The maximum Gasteiger partial charge on any atom is 0.119 e. The summed E-state index contributed by atoms with van der Waals surface area (Å²) in [5, 5.41) is 0. The van der Waals surface area contributed by atoms with Gasteiger partial charge in [0.25, 0.3) is 0 Å². The third-order valence-corrected chi connectivity index (χ3v) is 4.28. The van der Waals surface area contributed by atoms with Crippen molar-refractivity contribution in [3.63, 3.8) is 0 Å². The molecule has 2 rings (SSSR count). The molecule has 0 bridgehead atoms. The Morgan fingerprint density at radius 3 is 2.17 bits per heavy atom. The first kappa shape index (κ1) is 18.5. The van der Waals surface area contributed by atoms with Crippen molar-refractivity contribution in [2.45, 2.75) is 65.2 Å². The average Bonchev–Trinajstić information content (AvgIpc) is 2.62. The second-order valence-corrected chi connectivity index (χ2v) is 6.46. The molecule has 0 fully saturated rings. The normalized spacial score (nSPS) is 10.8. The molecule has 0 radical (unpaired) electrons. The van der Waals surface area contributed by atoms with Crippen LogP contribution in [0.15, 0.2) is 42.6 Å². The molecule has 24 heavy (non-hydrogen) atoms. The summed E-state index contributed by atoms with van der Waals surface area (Å²) in [7, 11) is 0. The van der Waals surface area contributed by atoms with Gasteiger partial charge in [-0.05, 0) is 55.0 Å². The highest BCUT2D eigenvalue weighted by atomic mass is 16.5. The van der Waals surface area contributed by atoms with Crippen molar-refractivity contribution < 1.29 is 4.74 Å². The van der Waals surface area contributed by atoms with E-state index in [1.807, 2.05) is 6.20 Å². The van der Waals surface area contributed by atoms with Crippen molar-refractivity contribution in [3.05, 3.63) is 59.4 Å². The summed E-state index contributed by atoms with van der Waals surface area (Å²) in [6.07, 6.45) is 11.3. The van der Waals surface area contributed by atoms with Gasteiger partial charge in [-0.25, -0.2) is 0 Å². The molecule has 0 aliphatic carbocycles. The Balaban J connectivity index is 1.73. The third-order valence-electron chi connectivity index (χ3n) is 4.28. The highest BCUT2D eigenvalue weighted by molar-refractivity contribution is 5.28. The topological polar surface area (TPSA) is 22.1 Å². The summed E-state index contributed by atoms with van der Waals surface area (Å²) in [6, 6.07) is 12.9. The van der Waals surface area contributed by atoms with E-state index in [1.54, 1.807) is 0 Å². The molecular weight excluding hydrogens is 294 g/mol. The van der Waals surface area contributed by atoms with Crippen LogP contribution in [0.5, 0.6) is 5.75 Å². The van der Waals surface area contributed by atoms with Crippen LogP contribution < -0.4 is 4.74 Å². The lowest BCUT2D eigenvalue weighted by atomic mass is 10.1. The van der Waals surface area contributed by atoms with E-state index in [9.17, 15) is 0 Å². The molecule has 2 nitrogen and oxygen atoms in total. The van der Waals surface area contributed by atoms with E-state index in [0.717, 1.165) is 44.5 Å². The average molecular weight is 325 g/mol. The second kappa shape index (κ2) is 10.9. The van der Waals surface area contributed by atoms with Gasteiger partial charge in [0.15, 0.2) is 0 Å². The monoisotopic (exact) mass is 325 g/mol. The molecule has 0 atom stereocenters. The molecule has 130 valence electrons. The molecule has 0 saturated heterocycles. The lowest BCUT2D eigenvalue weighted by molar-refractivity contribution is 0.305. The van der Waals surface area contributed by atoms with Gasteiger partial charge in [-0.3, -0.25) is 4.98 Å². The Labute approximate surface area is 147 Å². The fourth-order valence-corrected chi connectivity index (χ4v) is 2.77. The first-order chi connectivity index (χ1) is 11.8. The second-order valence-electron chi connectivity index (χ2n) is 6.46. The van der Waals surface area contributed by atoms with Gasteiger partial charge in [-0.1, -0.05) is 57.7 Å². The number of aryl methyl sites for hydroxylation is 3. The number of hydrogen-bond donors (Lipinski definition) is 0. The van der Waals surface area contributed by atoms with Gasteiger partial charge in [0.1, 0.15) is 5.75 Å². The molecule has 1 aromatic carbocycles.